The second kappa shape index (κ2) is 4.84. The molecule has 0 heterocycles. The third kappa shape index (κ3) is 2.54. The maximum Gasteiger partial charge on any atom is 0.331 e. The van der Waals surface area contributed by atoms with Crippen molar-refractivity contribution in [3.8, 4) is 0 Å². The summed E-state index contributed by atoms with van der Waals surface area (Å²) in [6.45, 7) is 0.536. The van der Waals surface area contributed by atoms with Crippen LogP contribution in [-0.2, 0) is 6.54 Å². The molecule has 0 bridgehead atoms. The summed E-state index contributed by atoms with van der Waals surface area (Å²) in [5.41, 5.74) is 3.19. The summed E-state index contributed by atoms with van der Waals surface area (Å²) >= 11 is 0. The highest BCUT2D eigenvalue weighted by Gasteiger charge is 2.06. The molecule has 0 aliphatic carbocycles. The van der Waals surface area contributed by atoms with Gasteiger partial charge in [0, 0.05) is 13.6 Å². The number of nitrogens with two attached hydrogens (primary N) is 1. The van der Waals surface area contributed by atoms with Crippen molar-refractivity contribution >= 4 is 16.8 Å². The molecular weight excluding hydrogens is 214 g/mol. The molecule has 0 saturated heterocycles. The lowest BCUT2D eigenvalue weighted by atomic mass is 10.1. The Morgan fingerprint density at radius 1 is 1.24 bits per heavy atom. The van der Waals surface area contributed by atoms with Crippen LogP contribution in [0.4, 0.5) is 4.79 Å². The van der Waals surface area contributed by atoms with Crippen molar-refractivity contribution < 1.29 is 4.79 Å². The Hall–Kier alpha value is -2.07. The lowest BCUT2D eigenvalue weighted by molar-refractivity contribution is 0.207. The largest absolute Gasteiger partial charge is 0.331 e. The van der Waals surface area contributed by atoms with Crippen molar-refractivity contribution in [3.63, 3.8) is 0 Å². The maximum atomic E-state index is 11.3. The van der Waals surface area contributed by atoms with Crippen LogP contribution in [0.3, 0.4) is 0 Å². The van der Waals surface area contributed by atoms with Crippen LogP contribution in [0.25, 0.3) is 10.8 Å². The van der Waals surface area contributed by atoms with E-state index in [1.165, 1.54) is 15.7 Å². The molecule has 17 heavy (non-hydrogen) atoms. The molecule has 0 saturated carbocycles. The number of benzene rings is 2. The summed E-state index contributed by atoms with van der Waals surface area (Å²) in [4.78, 5) is 12.8. The van der Waals surface area contributed by atoms with E-state index in [1.807, 2.05) is 18.2 Å². The van der Waals surface area contributed by atoms with Gasteiger partial charge in [-0.3, -0.25) is 5.43 Å². The molecule has 0 unspecified atom stereocenters. The number of hydrogen-bond donors (Lipinski definition) is 2. The highest BCUT2D eigenvalue weighted by atomic mass is 16.2. The van der Waals surface area contributed by atoms with Crippen LogP contribution in [0.5, 0.6) is 0 Å². The first-order valence-corrected chi connectivity index (χ1v) is 5.40. The summed E-state index contributed by atoms with van der Waals surface area (Å²) in [6, 6.07) is 14.0. The number of hydrazine groups is 1. The molecule has 0 fully saturated rings. The van der Waals surface area contributed by atoms with Gasteiger partial charge in [-0.15, -0.1) is 0 Å². The smallest absolute Gasteiger partial charge is 0.322 e. The number of carbonyl (C=O) groups excluding carboxylic acids is 1. The van der Waals surface area contributed by atoms with E-state index in [0.717, 1.165) is 5.56 Å². The third-order valence-corrected chi connectivity index (χ3v) is 2.70. The number of rotatable bonds is 2. The first-order chi connectivity index (χ1) is 8.20. The lowest BCUT2D eigenvalue weighted by Crippen LogP contribution is -2.40. The van der Waals surface area contributed by atoms with Gasteiger partial charge in [0.05, 0.1) is 0 Å². The number of carbonyl (C=O) groups is 1. The minimum absolute atomic E-state index is 0.293. The zero-order valence-corrected chi connectivity index (χ0v) is 9.68. The number of amides is 2. The molecule has 4 heteroatoms. The molecule has 88 valence electrons. The quantitative estimate of drug-likeness (QED) is 0.469. The Kier molecular flexibility index (Phi) is 3.25. The topological polar surface area (TPSA) is 58.4 Å². The zero-order valence-electron chi connectivity index (χ0n) is 9.68. The molecule has 2 amide bonds. The fraction of sp³-hybridized carbons (Fsp3) is 0.154. The van der Waals surface area contributed by atoms with Gasteiger partial charge in [0.15, 0.2) is 0 Å². The van der Waals surface area contributed by atoms with Gasteiger partial charge in [-0.1, -0.05) is 36.4 Å². The standard InChI is InChI=1S/C13H15N3O/c1-16(13(17)15-14)9-10-6-7-11-4-2-3-5-12(11)8-10/h2-8H,9,14H2,1H3,(H,15,17). The van der Waals surface area contributed by atoms with E-state index in [4.69, 9.17) is 5.84 Å². The van der Waals surface area contributed by atoms with E-state index < -0.39 is 0 Å². The van der Waals surface area contributed by atoms with Crippen molar-refractivity contribution in [2.24, 2.45) is 5.84 Å². The molecule has 3 N–H and O–H groups in total. The minimum Gasteiger partial charge on any atom is -0.322 e. The van der Waals surface area contributed by atoms with Gasteiger partial charge in [0.1, 0.15) is 0 Å². The molecule has 2 aromatic rings. The van der Waals surface area contributed by atoms with Crippen molar-refractivity contribution in [1.29, 1.82) is 0 Å². The summed E-state index contributed by atoms with van der Waals surface area (Å²) in [5.74, 6) is 5.08. The summed E-state index contributed by atoms with van der Waals surface area (Å²) in [7, 11) is 1.71. The average molecular weight is 229 g/mol. The summed E-state index contributed by atoms with van der Waals surface area (Å²) < 4.78 is 0. The molecular formula is C13H15N3O. The van der Waals surface area contributed by atoms with Crippen LogP contribution in [0, 0.1) is 0 Å². The second-order valence-corrected chi connectivity index (χ2v) is 3.99. The van der Waals surface area contributed by atoms with E-state index in [0.29, 0.717) is 6.54 Å². The van der Waals surface area contributed by atoms with Gasteiger partial charge in [0.2, 0.25) is 0 Å². The predicted octanol–water partition coefficient (Wildman–Crippen LogP) is 1.85. The van der Waals surface area contributed by atoms with Crippen LogP contribution in [0.2, 0.25) is 0 Å². The molecule has 0 radical (unpaired) electrons. The SMILES string of the molecule is CN(Cc1ccc2ccccc2c1)C(=O)NN. The van der Waals surface area contributed by atoms with Crippen LogP contribution < -0.4 is 11.3 Å². The first kappa shape index (κ1) is 11.4. The molecule has 0 aliphatic heterocycles. The third-order valence-electron chi connectivity index (χ3n) is 2.70. The first-order valence-electron chi connectivity index (χ1n) is 5.40. The highest BCUT2D eigenvalue weighted by molar-refractivity contribution is 5.83. The number of hydrogen-bond acceptors (Lipinski definition) is 2. The monoisotopic (exact) mass is 229 g/mol. The van der Waals surface area contributed by atoms with Crippen LogP contribution in [-0.4, -0.2) is 18.0 Å². The van der Waals surface area contributed by atoms with Gasteiger partial charge in [-0.25, -0.2) is 10.6 Å². The number of nitrogens with one attached hydrogen (secondary N) is 1. The van der Waals surface area contributed by atoms with E-state index in [9.17, 15) is 4.79 Å². The molecule has 0 atom stereocenters. The Morgan fingerprint density at radius 3 is 2.65 bits per heavy atom. The zero-order chi connectivity index (χ0) is 12.3. The Bertz CT molecular complexity index is 539. The van der Waals surface area contributed by atoms with Crippen molar-refractivity contribution in [3.05, 3.63) is 48.0 Å². The van der Waals surface area contributed by atoms with Gasteiger partial charge >= 0.3 is 6.03 Å². The van der Waals surface area contributed by atoms with E-state index in [1.54, 1.807) is 7.05 Å². The molecule has 4 nitrogen and oxygen atoms in total. The number of nitrogens with zero attached hydrogens (tertiary/aromatic N) is 1. The molecule has 0 aliphatic rings. The van der Waals surface area contributed by atoms with E-state index in [-0.39, 0.29) is 6.03 Å². The molecule has 2 aromatic carbocycles. The number of urea groups is 1. The molecule has 0 aromatic heterocycles. The molecule has 2 rings (SSSR count). The van der Waals surface area contributed by atoms with Crippen LogP contribution in [0.15, 0.2) is 42.5 Å². The van der Waals surface area contributed by atoms with E-state index >= 15 is 0 Å². The summed E-state index contributed by atoms with van der Waals surface area (Å²) in [6.07, 6.45) is 0. The molecule has 0 spiro atoms. The fourth-order valence-corrected chi connectivity index (χ4v) is 1.79. The van der Waals surface area contributed by atoms with Crippen LogP contribution in [0.1, 0.15) is 5.56 Å². The highest BCUT2D eigenvalue weighted by Crippen LogP contribution is 2.16. The Labute approximate surface area is 100.0 Å². The normalized spacial score (nSPS) is 10.2. The Morgan fingerprint density at radius 2 is 1.94 bits per heavy atom. The lowest BCUT2D eigenvalue weighted by Gasteiger charge is -2.16. The Balaban J connectivity index is 2.22. The maximum absolute atomic E-state index is 11.3. The van der Waals surface area contributed by atoms with Crippen molar-refractivity contribution in [2.45, 2.75) is 6.54 Å². The predicted molar refractivity (Wildman–Crippen MR) is 68.1 cm³/mol. The van der Waals surface area contributed by atoms with Crippen molar-refractivity contribution in [1.82, 2.24) is 10.3 Å². The van der Waals surface area contributed by atoms with Gasteiger partial charge in [0.25, 0.3) is 0 Å². The average Bonchev–Trinajstić information content (AvgIpc) is 2.37. The number of fused-ring (bicyclic) bond motifs is 1. The van der Waals surface area contributed by atoms with Gasteiger partial charge in [-0.05, 0) is 22.4 Å². The van der Waals surface area contributed by atoms with E-state index in [2.05, 4.69) is 29.7 Å². The van der Waals surface area contributed by atoms with Crippen molar-refractivity contribution in [2.75, 3.05) is 7.05 Å². The minimum atomic E-state index is -0.293. The summed E-state index contributed by atoms with van der Waals surface area (Å²) in [5, 5.41) is 2.37. The van der Waals surface area contributed by atoms with Crippen LogP contribution >= 0.6 is 0 Å². The van der Waals surface area contributed by atoms with Gasteiger partial charge in [-0.2, -0.15) is 0 Å². The van der Waals surface area contributed by atoms with Gasteiger partial charge < -0.3 is 4.90 Å². The fourth-order valence-electron chi connectivity index (χ4n) is 1.79. The second-order valence-electron chi connectivity index (χ2n) is 3.99.